The van der Waals surface area contributed by atoms with Gasteiger partial charge in [-0.25, -0.2) is 15.0 Å². The first kappa shape index (κ1) is 18.4. The van der Waals surface area contributed by atoms with E-state index in [-0.39, 0.29) is 0 Å². The average Bonchev–Trinajstić information content (AvgIpc) is 3.04. The summed E-state index contributed by atoms with van der Waals surface area (Å²) in [7, 11) is 0. The summed E-state index contributed by atoms with van der Waals surface area (Å²) >= 11 is 0. The van der Waals surface area contributed by atoms with Gasteiger partial charge in [-0.2, -0.15) is 0 Å². The summed E-state index contributed by atoms with van der Waals surface area (Å²) in [5.74, 6) is 2.46. The van der Waals surface area contributed by atoms with Crippen LogP contribution in [0.5, 0.6) is 0 Å². The van der Waals surface area contributed by atoms with Crippen LogP contribution in [-0.4, -0.2) is 45.0 Å². The monoisotopic (exact) mass is 365 g/mol. The Morgan fingerprint density at radius 3 is 2.44 bits per heavy atom. The summed E-state index contributed by atoms with van der Waals surface area (Å²) in [6.07, 6.45) is 9.10. The van der Waals surface area contributed by atoms with Crippen molar-refractivity contribution in [1.29, 1.82) is 0 Å². The van der Waals surface area contributed by atoms with Gasteiger partial charge in [-0.05, 0) is 51.3 Å². The highest BCUT2D eigenvalue weighted by atomic mass is 15.3. The number of rotatable bonds is 4. The number of hydrogen-bond donors (Lipinski definition) is 0. The Morgan fingerprint density at radius 2 is 1.78 bits per heavy atom. The van der Waals surface area contributed by atoms with Crippen LogP contribution in [0.15, 0.2) is 30.6 Å². The van der Waals surface area contributed by atoms with Crippen LogP contribution in [0.1, 0.15) is 62.5 Å². The molecular weight excluding hydrogens is 334 g/mol. The molecule has 0 aromatic carbocycles. The van der Waals surface area contributed by atoms with Crippen LogP contribution in [0, 0.1) is 6.92 Å². The zero-order valence-corrected chi connectivity index (χ0v) is 16.9. The van der Waals surface area contributed by atoms with E-state index in [1.165, 1.54) is 37.8 Å². The Balaban J connectivity index is 1.42. The highest BCUT2D eigenvalue weighted by molar-refractivity contribution is 5.40. The van der Waals surface area contributed by atoms with Crippen molar-refractivity contribution in [3.05, 3.63) is 47.7 Å². The molecule has 0 amide bonds. The molecule has 2 saturated heterocycles. The normalized spacial score (nSPS) is 19.9. The molecule has 5 heteroatoms. The second kappa shape index (κ2) is 7.55. The van der Waals surface area contributed by atoms with Crippen LogP contribution in [0.2, 0.25) is 0 Å². The first-order chi connectivity index (χ1) is 13.1. The summed E-state index contributed by atoms with van der Waals surface area (Å²) in [6, 6.07) is 6.33. The van der Waals surface area contributed by atoms with Crippen molar-refractivity contribution in [3.8, 4) is 0 Å². The largest absolute Gasteiger partial charge is 0.356 e. The van der Waals surface area contributed by atoms with Crippen LogP contribution in [0.25, 0.3) is 0 Å². The Labute approximate surface area is 162 Å². The number of pyridine rings is 1. The van der Waals surface area contributed by atoms with Crippen molar-refractivity contribution in [2.45, 2.75) is 64.5 Å². The number of piperidine rings is 1. The number of anilines is 1. The summed E-state index contributed by atoms with van der Waals surface area (Å²) < 4.78 is 0. The molecule has 4 rings (SSSR count). The highest BCUT2D eigenvalue weighted by Crippen LogP contribution is 2.40. The van der Waals surface area contributed by atoms with E-state index < -0.39 is 0 Å². The van der Waals surface area contributed by atoms with Crippen LogP contribution in [0.4, 0.5) is 5.82 Å². The number of aromatic nitrogens is 3. The van der Waals surface area contributed by atoms with Gasteiger partial charge in [0.15, 0.2) is 0 Å². The van der Waals surface area contributed by atoms with Crippen molar-refractivity contribution in [2.75, 3.05) is 24.5 Å². The molecule has 1 spiro atoms. The van der Waals surface area contributed by atoms with Gasteiger partial charge in [-0.3, -0.25) is 4.90 Å². The minimum atomic E-state index is 0.344. The molecule has 4 heterocycles. The lowest BCUT2D eigenvalue weighted by Gasteiger charge is -2.45. The van der Waals surface area contributed by atoms with Crippen LogP contribution >= 0.6 is 0 Å². The highest BCUT2D eigenvalue weighted by Gasteiger charge is 2.43. The van der Waals surface area contributed by atoms with Crippen LogP contribution in [-0.2, 0) is 6.54 Å². The second-order valence-corrected chi connectivity index (χ2v) is 8.48. The summed E-state index contributed by atoms with van der Waals surface area (Å²) in [6.45, 7) is 10.7. The maximum Gasteiger partial charge on any atom is 0.130 e. The molecule has 2 aromatic rings. The Morgan fingerprint density at radius 1 is 1.04 bits per heavy atom. The van der Waals surface area contributed by atoms with Gasteiger partial charge in [0.1, 0.15) is 11.6 Å². The SMILES string of the molecule is Cc1cccc(N2CCC3(CCCN3Cc3cnc(C(C)C)nc3)CC2)n1. The molecule has 0 saturated carbocycles. The number of aryl methyl sites for hydroxylation is 1. The maximum atomic E-state index is 4.72. The fourth-order valence-electron chi connectivity index (χ4n) is 4.63. The number of hydrogen-bond acceptors (Lipinski definition) is 5. The third-order valence-electron chi connectivity index (χ3n) is 6.25. The Hall–Kier alpha value is -2.01. The molecule has 2 aliphatic rings. The zero-order valence-electron chi connectivity index (χ0n) is 16.9. The predicted molar refractivity (Wildman–Crippen MR) is 109 cm³/mol. The summed E-state index contributed by atoms with van der Waals surface area (Å²) in [4.78, 5) is 19.0. The minimum Gasteiger partial charge on any atom is -0.356 e. The minimum absolute atomic E-state index is 0.344. The van der Waals surface area contributed by atoms with Crippen molar-refractivity contribution < 1.29 is 0 Å². The fourth-order valence-corrected chi connectivity index (χ4v) is 4.63. The average molecular weight is 366 g/mol. The molecule has 5 nitrogen and oxygen atoms in total. The molecule has 0 atom stereocenters. The molecule has 144 valence electrons. The van der Waals surface area contributed by atoms with Crippen molar-refractivity contribution in [3.63, 3.8) is 0 Å². The first-order valence-electron chi connectivity index (χ1n) is 10.3. The molecule has 0 aliphatic carbocycles. The summed E-state index contributed by atoms with van der Waals surface area (Å²) in [5, 5.41) is 0. The van der Waals surface area contributed by atoms with Crippen molar-refractivity contribution in [2.24, 2.45) is 0 Å². The lowest BCUT2D eigenvalue weighted by atomic mass is 9.84. The third kappa shape index (κ3) is 3.84. The second-order valence-electron chi connectivity index (χ2n) is 8.48. The smallest absolute Gasteiger partial charge is 0.130 e. The molecule has 2 aromatic heterocycles. The fraction of sp³-hybridized carbons (Fsp3) is 0.591. The molecule has 0 radical (unpaired) electrons. The summed E-state index contributed by atoms with van der Waals surface area (Å²) in [5.41, 5.74) is 2.68. The first-order valence-corrected chi connectivity index (χ1v) is 10.3. The molecule has 27 heavy (non-hydrogen) atoms. The van der Waals surface area contributed by atoms with Gasteiger partial charge in [0, 0.05) is 54.7 Å². The number of nitrogens with zero attached hydrogens (tertiary/aromatic N) is 5. The lowest BCUT2D eigenvalue weighted by molar-refractivity contribution is 0.0994. The van der Waals surface area contributed by atoms with Gasteiger partial charge in [-0.15, -0.1) is 0 Å². The molecular formula is C22H31N5. The van der Waals surface area contributed by atoms with Gasteiger partial charge < -0.3 is 4.90 Å². The Kier molecular flexibility index (Phi) is 5.13. The van der Waals surface area contributed by atoms with E-state index in [2.05, 4.69) is 58.7 Å². The topological polar surface area (TPSA) is 45.2 Å². The van der Waals surface area contributed by atoms with Gasteiger partial charge in [0.25, 0.3) is 0 Å². The maximum absolute atomic E-state index is 4.72. The molecule has 2 aliphatic heterocycles. The van der Waals surface area contributed by atoms with Gasteiger partial charge in [0.05, 0.1) is 0 Å². The van der Waals surface area contributed by atoms with Crippen molar-refractivity contribution in [1.82, 2.24) is 19.9 Å². The zero-order chi connectivity index (χ0) is 18.9. The Bertz CT molecular complexity index is 763. The standard InChI is InChI=1S/C22H31N5/c1-17(2)21-23-14-19(15-24-21)16-27-11-5-8-22(27)9-12-26(13-10-22)20-7-4-6-18(3)25-20/h4,6-7,14-15,17H,5,8-13,16H2,1-3H3. The van der Waals surface area contributed by atoms with Gasteiger partial charge in [0.2, 0.25) is 0 Å². The third-order valence-corrected chi connectivity index (χ3v) is 6.25. The predicted octanol–water partition coefficient (Wildman–Crippen LogP) is 3.94. The lowest BCUT2D eigenvalue weighted by Crippen LogP contribution is -2.52. The van der Waals surface area contributed by atoms with Gasteiger partial charge >= 0.3 is 0 Å². The molecule has 2 fully saturated rings. The van der Waals surface area contributed by atoms with E-state index in [4.69, 9.17) is 4.98 Å². The van der Waals surface area contributed by atoms with Crippen LogP contribution in [0.3, 0.4) is 0 Å². The van der Waals surface area contributed by atoms with E-state index in [0.29, 0.717) is 11.5 Å². The molecule has 0 unspecified atom stereocenters. The van der Waals surface area contributed by atoms with E-state index in [1.54, 1.807) is 0 Å². The number of likely N-dealkylation sites (tertiary alicyclic amines) is 1. The quantitative estimate of drug-likeness (QED) is 0.821. The van der Waals surface area contributed by atoms with E-state index >= 15 is 0 Å². The van der Waals surface area contributed by atoms with Crippen LogP contribution < -0.4 is 4.90 Å². The van der Waals surface area contributed by atoms with Crippen molar-refractivity contribution >= 4 is 5.82 Å². The van der Waals surface area contributed by atoms with E-state index in [0.717, 1.165) is 37.0 Å². The van der Waals surface area contributed by atoms with E-state index in [9.17, 15) is 0 Å². The molecule has 0 N–H and O–H groups in total. The van der Waals surface area contributed by atoms with E-state index in [1.807, 2.05) is 12.4 Å². The van der Waals surface area contributed by atoms with Gasteiger partial charge in [-0.1, -0.05) is 19.9 Å². The molecule has 0 bridgehead atoms.